The number of rotatable bonds is 5. The third-order valence-electron chi connectivity index (χ3n) is 4.95. The first-order chi connectivity index (χ1) is 11.7. The number of hydrogen-bond acceptors (Lipinski definition) is 3. The molecule has 0 amide bonds. The lowest BCUT2D eigenvalue weighted by Crippen LogP contribution is -3.11. The zero-order valence-electron chi connectivity index (χ0n) is 14.5. The Bertz CT molecular complexity index is 705. The molecule has 1 aliphatic rings. The third-order valence-corrected chi connectivity index (χ3v) is 4.95. The number of carbonyl (C=O) groups is 1. The molecule has 1 aliphatic heterocycles. The largest absolute Gasteiger partial charge is 0.496 e. The van der Waals surface area contributed by atoms with Gasteiger partial charge < -0.3 is 14.4 Å². The molecule has 0 saturated carbocycles. The summed E-state index contributed by atoms with van der Waals surface area (Å²) in [6.45, 7) is 5.37. The maximum atomic E-state index is 11.9. The molecule has 0 aliphatic carbocycles. The Hall–Kier alpha value is -2.07. The summed E-state index contributed by atoms with van der Waals surface area (Å²) in [5, 5.41) is 2.43. The van der Waals surface area contributed by atoms with Gasteiger partial charge in [0.1, 0.15) is 12.3 Å². The molecule has 2 aromatic carbocycles. The van der Waals surface area contributed by atoms with E-state index in [2.05, 4.69) is 30.3 Å². The quantitative estimate of drug-likeness (QED) is 0.856. The topological polar surface area (TPSA) is 40.0 Å². The van der Waals surface area contributed by atoms with Crippen molar-refractivity contribution in [3.05, 3.63) is 42.0 Å². The van der Waals surface area contributed by atoms with Gasteiger partial charge in [0, 0.05) is 23.8 Å². The summed E-state index contributed by atoms with van der Waals surface area (Å²) in [4.78, 5) is 13.4. The molecule has 128 valence electrons. The summed E-state index contributed by atoms with van der Waals surface area (Å²) < 4.78 is 10.6. The van der Waals surface area contributed by atoms with Gasteiger partial charge >= 0.3 is 5.97 Å². The van der Waals surface area contributed by atoms with E-state index in [1.54, 1.807) is 7.11 Å². The zero-order chi connectivity index (χ0) is 16.9. The molecule has 4 heteroatoms. The lowest BCUT2D eigenvalue weighted by atomic mass is 9.96. The minimum Gasteiger partial charge on any atom is -0.496 e. The molecular weight excluding hydrogens is 302 g/mol. The lowest BCUT2D eigenvalue weighted by molar-refractivity contribution is -0.919. The highest BCUT2D eigenvalue weighted by atomic mass is 16.5. The molecule has 0 spiro atoms. The first-order valence-electron chi connectivity index (χ1n) is 8.77. The molecule has 1 fully saturated rings. The fourth-order valence-electron chi connectivity index (χ4n) is 3.63. The van der Waals surface area contributed by atoms with Crippen molar-refractivity contribution in [2.75, 3.05) is 26.8 Å². The van der Waals surface area contributed by atoms with E-state index in [1.165, 1.54) is 21.2 Å². The van der Waals surface area contributed by atoms with Gasteiger partial charge in [0.15, 0.2) is 0 Å². The van der Waals surface area contributed by atoms with Gasteiger partial charge in [0.2, 0.25) is 0 Å². The van der Waals surface area contributed by atoms with Crippen molar-refractivity contribution in [2.45, 2.75) is 26.3 Å². The second kappa shape index (κ2) is 7.67. The predicted octanol–water partition coefficient (Wildman–Crippen LogP) is 2.21. The van der Waals surface area contributed by atoms with Crippen LogP contribution in [-0.4, -0.2) is 32.8 Å². The van der Waals surface area contributed by atoms with E-state index in [9.17, 15) is 4.79 Å². The molecule has 1 heterocycles. The number of methoxy groups -OCH3 is 1. The average molecular weight is 328 g/mol. The van der Waals surface area contributed by atoms with Crippen molar-refractivity contribution in [3.8, 4) is 5.75 Å². The Morgan fingerprint density at radius 1 is 1.12 bits per heavy atom. The van der Waals surface area contributed by atoms with Crippen LogP contribution in [0.1, 0.15) is 25.3 Å². The molecular formula is C20H26NO3+. The molecule has 4 nitrogen and oxygen atoms in total. The van der Waals surface area contributed by atoms with Crippen molar-refractivity contribution in [3.63, 3.8) is 0 Å². The average Bonchev–Trinajstić information content (AvgIpc) is 2.63. The summed E-state index contributed by atoms with van der Waals surface area (Å²) >= 11 is 0. The van der Waals surface area contributed by atoms with Crippen molar-refractivity contribution >= 4 is 16.7 Å². The predicted molar refractivity (Wildman–Crippen MR) is 94.3 cm³/mol. The molecule has 0 radical (unpaired) electrons. The molecule has 1 N–H and O–H groups in total. The van der Waals surface area contributed by atoms with Crippen LogP contribution in [0.5, 0.6) is 5.75 Å². The minimum atomic E-state index is -0.0218. The number of benzene rings is 2. The molecule has 0 atom stereocenters. The maximum Gasteiger partial charge on any atom is 0.309 e. The van der Waals surface area contributed by atoms with Crippen molar-refractivity contribution in [2.24, 2.45) is 5.92 Å². The van der Waals surface area contributed by atoms with Crippen LogP contribution in [0.3, 0.4) is 0 Å². The number of ether oxygens (including phenoxy) is 2. The van der Waals surface area contributed by atoms with Crippen LogP contribution in [0, 0.1) is 5.92 Å². The molecule has 0 unspecified atom stereocenters. The van der Waals surface area contributed by atoms with Crippen molar-refractivity contribution < 1.29 is 19.2 Å². The Labute approximate surface area is 143 Å². The number of quaternary nitrogens is 1. The van der Waals surface area contributed by atoms with E-state index in [-0.39, 0.29) is 11.9 Å². The number of piperidine rings is 1. The van der Waals surface area contributed by atoms with E-state index in [0.717, 1.165) is 38.2 Å². The first-order valence-corrected chi connectivity index (χ1v) is 8.77. The summed E-state index contributed by atoms with van der Waals surface area (Å²) in [5.41, 5.74) is 1.34. The van der Waals surface area contributed by atoms with Gasteiger partial charge in [-0.1, -0.05) is 24.3 Å². The van der Waals surface area contributed by atoms with Crippen LogP contribution < -0.4 is 9.64 Å². The van der Waals surface area contributed by atoms with E-state index >= 15 is 0 Å². The van der Waals surface area contributed by atoms with Crippen LogP contribution in [0.4, 0.5) is 0 Å². The van der Waals surface area contributed by atoms with Crippen molar-refractivity contribution in [1.29, 1.82) is 0 Å². The van der Waals surface area contributed by atoms with Crippen molar-refractivity contribution in [1.82, 2.24) is 0 Å². The van der Waals surface area contributed by atoms with Crippen LogP contribution in [0.2, 0.25) is 0 Å². The number of hydrogen-bond donors (Lipinski definition) is 1. The van der Waals surface area contributed by atoms with Gasteiger partial charge in [-0.05, 0) is 24.4 Å². The second-order valence-corrected chi connectivity index (χ2v) is 6.43. The summed E-state index contributed by atoms with van der Waals surface area (Å²) in [6.07, 6.45) is 1.84. The second-order valence-electron chi connectivity index (χ2n) is 6.43. The monoisotopic (exact) mass is 328 g/mol. The lowest BCUT2D eigenvalue weighted by Gasteiger charge is -2.28. The fraction of sp³-hybridized carbons (Fsp3) is 0.450. The SMILES string of the molecule is CCOC(=O)C1CC[NH+](Cc2ccc(OC)c3ccccc23)CC1. The summed E-state index contributed by atoms with van der Waals surface area (Å²) in [7, 11) is 1.72. The molecule has 24 heavy (non-hydrogen) atoms. The van der Waals surface area contributed by atoms with Gasteiger partial charge in [-0.2, -0.15) is 0 Å². The van der Waals surface area contributed by atoms with Gasteiger partial charge in [0.25, 0.3) is 0 Å². The highest BCUT2D eigenvalue weighted by molar-refractivity contribution is 5.90. The van der Waals surface area contributed by atoms with E-state index in [0.29, 0.717) is 6.61 Å². The normalized spacial score (nSPS) is 20.8. The first kappa shape index (κ1) is 16.8. The molecule has 0 aromatic heterocycles. The third kappa shape index (κ3) is 3.54. The van der Waals surface area contributed by atoms with Crippen LogP contribution >= 0.6 is 0 Å². The van der Waals surface area contributed by atoms with Crippen LogP contribution in [0.25, 0.3) is 10.8 Å². The van der Waals surface area contributed by atoms with Crippen LogP contribution in [0.15, 0.2) is 36.4 Å². The molecule has 2 aromatic rings. The Morgan fingerprint density at radius 3 is 2.50 bits per heavy atom. The van der Waals surface area contributed by atoms with Gasteiger partial charge in [-0.15, -0.1) is 0 Å². The Morgan fingerprint density at radius 2 is 1.83 bits per heavy atom. The number of esters is 1. The van der Waals surface area contributed by atoms with Gasteiger partial charge in [0.05, 0.1) is 32.7 Å². The highest BCUT2D eigenvalue weighted by Crippen LogP contribution is 2.28. The fourth-order valence-corrected chi connectivity index (χ4v) is 3.63. The van der Waals surface area contributed by atoms with E-state index in [4.69, 9.17) is 9.47 Å². The van der Waals surface area contributed by atoms with Crippen LogP contribution in [-0.2, 0) is 16.1 Å². The molecule has 3 rings (SSSR count). The van der Waals surface area contributed by atoms with E-state index in [1.807, 2.05) is 13.0 Å². The zero-order valence-corrected chi connectivity index (χ0v) is 14.5. The minimum absolute atomic E-state index is 0.0218. The van der Waals surface area contributed by atoms with Gasteiger partial charge in [-0.3, -0.25) is 4.79 Å². The highest BCUT2D eigenvalue weighted by Gasteiger charge is 2.28. The summed E-state index contributed by atoms with van der Waals surface area (Å²) in [6, 6.07) is 12.6. The Balaban J connectivity index is 1.70. The Kier molecular flexibility index (Phi) is 5.36. The standard InChI is InChI=1S/C20H25NO3/c1-3-24-20(22)15-10-12-21(13-11-15)14-16-8-9-19(23-2)18-7-5-4-6-17(16)18/h4-9,15H,3,10-14H2,1-2H3/p+1. The molecule has 0 bridgehead atoms. The molecule has 1 saturated heterocycles. The smallest absolute Gasteiger partial charge is 0.309 e. The number of likely N-dealkylation sites (tertiary alicyclic amines) is 1. The number of carbonyl (C=O) groups excluding carboxylic acids is 1. The maximum absolute atomic E-state index is 11.9. The van der Waals surface area contributed by atoms with Gasteiger partial charge in [-0.25, -0.2) is 0 Å². The summed E-state index contributed by atoms with van der Waals surface area (Å²) in [5.74, 6) is 0.984. The van der Waals surface area contributed by atoms with E-state index < -0.39 is 0 Å². The number of fused-ring (bicyclic) bond motifs is 1. The number of nitrogens with one attached hydrogen (secondary N) is 1.